The molecule has 0 amide bonds. The molecule has 6 heteroatoms. The molecule has 0 radical (unpaired) electrons. The molecule has 0 spiro atoms. The predicted octanol–water partition coefficient (Wildman–Crippen LogP) is 9.77. The Morgan fingerprint density at radius 1 is 0.420 bits per heavy atom. The fourth-order valence-corrected chi connectivity index (χ4v) is 12.1. The van der Waals surface area contributed by atoms with Crippen molar-refractivity contribution in [2.24, 2.45) is 0 Å². The Morgan fingerprint density at radius 2 is 0.760 bits per heavy atom. The van der Waals surface area contributed by atoms with Gasteiger partial charge in [0.2, 0.25) is 0 Å². The smallest absolute Gasteiger partial charge is 0.198 e. The minimum atomic E-state index is -1.02. The monoisotopic (exact) mass is 690 g/mol. The number of hydrogen-bond donors (Lipinski definition) is 0. The van der Waals surface area contributed by atoms with Gasteiger partial charge in [-0.15, -0.1) is 0 Å². The average molecular weight is 691 g/mol. The first kappa shape index (κ1) is 33.4. The average Bonchev–Trinajstić information content (AvgIpc) is 3.93. The first-order valence-corrected chi connectivity index (χ1v) is 19.5. The lowest BCUT2D eigenvalue weighted by atomic mass is 9.99. The summed E-state index contributed by atoms with van der Waals surface area (Å²) in [6, 6.07) is 57.6. The number of Topliss-reactive ketones (excluding diaryl/α,β-unsaturated/α-hetero) is 2. The second-order valence-corrected chi connectivity index (χ2v) is 16.8. The summed E-state index contributed by atoms with van der Waals surface area (Å²) in [5.41, 5.74) is 1.81. The first-order chi connectivity index (χ1) is 24.7. The predicted molar refractivity (Wildman–Crippen MR) is 205 cm³/mol. The summed E-state index contributed by atoms with van der Waals surface area (Å²) in [5, 5.41) is 4.77. The van der Waals surface area contributed by atoms with Gasteiger partial charge in [-0.1, -0.05) is 146 Å². The maximum Gasteiger partial charge on any atom is 0.198 e. The minimum absolute atomic E-state index is 0.0369. The van der Waals surface area contributed by atoms with Crippen molar-refractivity contribution in [1.82, 2.24) is 0 Å². The molecule has 0 aliphatic heterocycles. The molecule has 4 nitrogen and oxygen atoms in total. The lowest BCUT2D eigenvalue weighted by Gasteiger charge is -2.31. The van der Waals surface area contributed by atoms with Gasteiger partial charge in [-0.2, -0.15) is 0 Å². The van der Waals surface area contributed by atoms with Gasteiger partial charge >= 0.3 is 0 Å². The summed E-state index contributed by atoms with van der Waals surface area (Å²) < 4.78 is 11.2. The van der Waals surface area contributed by atoms with E-state index in [-0.39, 0.29) is 35.7 Å². The zero-order chi connectivity index (χ0) is 34.1. The summed E-state index contributed by atoms with van der Waals surface area (Å²) in [7, 11) is -2.04. The van der Waals surface area contributed by atoms with Crippen LogP contribution in [0, 0.1) is 0 Å². The van der Waals surface area contributed by atoms with Crippen LogP contribution in [0.4, 0.5) is 0 Å². The van der Waals surface area contributed by atoms with Crippen molar-refractivity contribution in [2.75, 3.05) is 0 Å². The third kappa shape index (κ3) is 7.68. The van der Waals surface area contributed by atoms with Crippen LogP contribution in [0.15, 0.2) is 191 Å². The Hall–Kier alpha value is -5.14. The molecule has 2 heterocycles. The van der Waals surface area contributed by atoms with E-state index < -0.39 is 15.8 Å². The number of benzene rings is 5. The molecule has 246 valence electrons. The minimum Gasteiger partial charge on any atom is -0.461 e. The highest BCUT2D eigenvalue weighted by atomic mass is 31.1. The van der Waals surface area contributed by atoms with Crippen molar-refractivity contribution in [3.05, 3.63) is 205 Å². The third-order valence-electron chi connectivity index (χ3n) is 8.79. The normalized spacial score (nSPS) is 12.5. The van der Waals surface area contributed by atoms with Crippen LogP contribution in [0.25, 0.3) is 0 Å². The molecule has 2 aromatic heterocycles. The van der Waals surface area contributed by atoms with E-state index in [2.05, 4.69) is 121 Å². The Balaban J connectivity index is 1.39. The van der Waals surface area contributed by atoms with Crippen LogP contribution in [0.3, 0.4) is 0 Å². The maximum atomic E-state index is 13.9. The molecular formula is C44H36O4P2. The van der Waals surface area contributed by atoms with Crippen LogP contribution in [0.1, 0.15) is 56.4 Å². The summed E-state index contributed by atoms with van der Waals surface area (Å²) >= 11 is 0. The number of ketones is 2. The van der Waals surface area contributed by atoms with Crippen molar-refractivity contribution < 1.29 is 18.4 Å². The van der Waals surface area contributed by atoms with E-state index in [1.807, 2.05) is 24.3 Å². The van der Waals surface area contributed by atoms with Gasteiger partial charge < -0.3 is 8.83 Å². The summed E-state index contributed by atoms with van der Waals surface area (Å²) in [6.45, 7) is 0. The van der Waals surface area contributed by atoms with Crippen LogP contribution < -0.4 is 21.2 Å². The van der Waals surface area contributed by atoms with Crippen molar-refractivity contribution in [1.29, 1.82) is 0 Å². The Morgan fingerprint density at radius 3 is 1.06 bits per heavy atom. The van der Waals surface area contributed by atoms with Crippen molar-refractivity contribution in [3.63, 3.8) is 0 Å². The quantitative estimate of drug-likeness (QED) is 0.0843. The van der Waals surface area contributed by atoms with Crippen LogP contribution in [0.2, 0.25) is 0 Å². The van der Waals surface area contributed by atoms with Crippen LogP contribution in [-0.4, -0.2) is 11.6 Å². The van der Waals surface area contributed by atoms with Gasteiger partial charge in [0, 0.05) is 24.2 Å². The van der Waals surface area contributed by atoms with Crippen LogP contribution >= 0.6 is 15.8 Å². The fourth-order valence-electron chi connectivity index (χ4n) is 6.49. The lowest BCUT2D eigenvalue weighted by molar-refractivity contribution is 0.0948. The largest absolute Gasteiger partial charge is 0.461 e. The molecule has 5 aromatic carbocycles. The van der Waals surface area contributed by atoms with Gasteiger partial charge in [-0.3, -0.25) is 9.59 Å². The molecule has 0 saturated heterocycles. The molecule has 0 aliphatic carbocycles. The number of carbonyl (C=O) groups is 2. The van der Waals surface area contributed by atoms with Crippen LogP contribution in [-0.2, 0) is 0 Å². The van der Waals surface area contributed by atoms with Gasteiger partial charge in [0.1, 0.15) is 0 Å². The summed E-state index contributed by atoms with van der Waals surface area (Å²) in [5.74, 6) is 0.650. The first-order valence-electron chi connectivity index (χ1n) is 16.7. The highest BCUT2D eigenvalue weighted by Gasteiger charge is 2.33. The zero-order valence-electron chi connectivity index (χ0n) is 27.4. The van der Waals surface area contributed by atoms with E-state index in [0.717, 1.165) is 11.1 Å². The SMILES string of the molecule is O=C(CC(c1cccc(C(CC(=O)c2ccco2)P(c2ccccc2)c2ccccc2)c1)P(c1ccccc1)c1ccccc1)c1ccco1. The zero-order valence-corrected chi connectivity index (χ0v) is 29.2. The maximum absolute atomic E-state index is 13.9. The molecule has 0 N–H and O–H groups in total. The molecule has 7 rings (SSSR count). The summed E-state index contributed by atoms with van der Waals surface area (Å²) in [6.07, 6.45) is 3.65. The molecule has 0 fully saturated rings. The number of carbonyl (C=O) groups excluding carboxylic acids is 2. The molecule has 0 saturated carbocycles. The van der Waals surface area contributed by atoms with Crippen molar-refractivity contribution in [3.8, 4) is 0 Å². The van der Waals surface area contributed by atoms with Crippen molar-refractivity contribution >= 4 is 48.6 Å². The summed E-state index contributed by atoms with van der Waals surface area (Å²) in [4.78, 5) is 27.8. The Bertz CT molecular complexity index is 1870. The van der Waals surface area contributed by atoms with E-state index in [1.165, 1.54) is 21.2 Å². The van der Waals surface area contributed by atoms with Crippen LogP contribution in [0.5, 0.6) is 0 Å². The van der Waals surface area contributed by atoms with E-state index >= 15 is 0 Å². The molecular weight excluding hydrogens is 654 g/mol. The fraction of sp³-hybridized carbons (Fsp3) is 0.0909. The second kappa shape index (κ2) is 16.0. The second-order valence-electron chi connectivity index (χ2n) is 12.0. The highest BCUT2D eigenvalue weighted by molar-refractivity contribution is 7.73. The highest BCUT2D eigenvalue weighted by Crippen LogP contribution is 2.55. The van der Waals surface area contributed by atoms with Gasteiger partial charge in [-0.25, -0.2) is 0 Å². The van der Waals surface area contributed by atoms with E-state index in [4.69, 9.17) is 8.83 Å². The number of hydrogen-bond acceptors (Lipinski definition) is 4. The number of rotatable bonds is 14. The van der Waals surface area contributed by atoms with Gasteiger partial charge in [0.05, 0.1) is 12.5 Å². The standard InChI is InChI=1S/C44H36O4P2/c45-39(41-26-14-28-47-41)31-43(49(35-18-5-1-6-19-35)36-20-7-2-8-21-36)33-16-13-17-34(30-33)44(32-40(46)42-27-15-29-48-42)50(37-22-9-3-10-23-37)38-24-11-4-12-25-38/h1-30,43-44H,31-32H2. The van der Waals surface area contributed by atoms with Crippen molar-refractivity contribution in [2.45, 2.75) is 24.2 Å². The van der Waals surface area contributed by atoms with E-state index in [1.54, 1.807) is 36.8 Å². The third-order valence-corrected chi connectivity index (χ3v) is 14.4. The molecule has 0 aliphatic rings. The molecule has 0 bridgehead atoms. The molecule has 7 aromatic rings. The number of furan rings is 2. The van der Waals surface area contributed by atoms with Gasteiger partial charge in [0.25, 0.3) is 0 Å². The van der Waals surface area contributed by atoms with E-state index in [9.17, 15) is 9.59 Å². The lowest BCUT2D eigenvalue weighted by Crippen LogP contribution is -2.21. The Labute approximate surface area is 295 Å². The van der Waals surface area contributed by atoms with E-state index in [0.29, 0.717) is 11.5 Å². The molecule has 2 atom stereocenters. The van der Waals surface area contributed by atoms with Gasteiger partial charge in [0.15, 0.2) is 23.1 Å². The Kier molecular flexibility index (Phi) is 10.7. The van der Waals surface area contributed by atoms with Gasteiger partial charge in [-0.05, 0) is 72.5 Å². The molecule has 50 heavy (non-hydrogen) atoms. The molecule has 2 unspecified atom stereocenters. The topological polar surface area (TPSA) is 60.4 Å².